The zero-order valence-electron chi connectivity index (χ0n) is 40.3. The summed E-state index contributed by atoms with van der Waals surface area (Å²) in [5.74, 6) is 0.746. The minimum Gasteiger partial charge on any atom is -0.507 e. The molecule has 0 fully saturated rings. The molecule has 9 rings (SSSR count). The van der Waals surface area contributed by atoms with Crippen molar-refractivity contribution in [2.45, 2.75) is 72.6 Å². The van der Waals surface area contributed by atoms with Gasteiger partial charge in [0.1, 0.15) is 11.6 Å². The van der Waals surface area contributed by atoms with Gasteiger partial charge in [0.25, 0.3) is 0 Å². The van der Waals surface area contributed by atoms with Gasteiger partial charge in [-0.05, 0) is 105 Å². The van der Waals surface area contributed by atoms with Crippen LogP contribution < -0.4 is 0 Å². The molecule has 2 heterocycles. The third kappa shape index (κ3) is 8.65. The van der Waals surface area contributed by atoms with E-state index in [-0.39, 0.29) is 49.6 Å². The number of hydrogen-bond donors (Lipinski definition) is 1. The number of hydrogen-bond acceptors (Lipinski definition) is 3. The number of imidazole rings is 1. The molecule has 64 heavy (non-hydrogen) atoms. The molecule has 2 aromatic heterocycles. The van der Waals surface area contributed by atoms with Gasteiger partial charge in [-0.2, -0.15) is 0 Å². The Balaban J connectivity index is 0.00000608. The predicted octanol–water partition coefficient (Wildman–Crippen LogP) is 15.8. The van der Waals surface area contributed by atoms with Gasteiger partial charge in [0.15, 0.2) is 0 Å². The first-order valence-corrected chi connectivity index (χ1v) is 21.8. The van der Waals surface area contributed by atoms with Gasteiger partial charge in [-0.3, -0.25) is 9.55 Å². The standard InChI is InChI=1S/C59H54N3O.Pt/c1-37(2)45-34-51(38(3)4)57(63)52(35-45)58-61-56-50(20-15-21-55(56)62(58)54-27-24-43(30-39(54)5)40-16-11-9-12-17-40)47-31-46(41-18-13-10-14-19-41)32-48(33-47)53-36-44(28-29-60-53)42-22-25-49(26-23-42)59(6,7)8;/h9-32,34-38,63H,1-8H3;/q-1;/i5D3;. The van der Waals surface area contributed by atoms with Gasteiger partial charge in [-0.1, -0.05) is 180 Å². The van der Waals surface area contributed by atoms with Crippen LogP contribution in [-0.4, -0.2) is 19.6 Å². The van der Waals surface area contributed by atoms with Gasteiger partial charge < -0.3 is 5.11 Å². The molecule has 7 aromatic carbocycles. The topological polar surface area (TPSA) is 50.9 Å². The number of phenols is 1. The second-order valence-electron chi connectivity index (χ2n) is 18.2. The first kappa shape index (κ1) is 40.4. The molecule has 0 radical (unpaired) electrons. The van der Waals surface area contributed by atoms with Gasteiger partial charge in [-0.15, -0.1) is 23.8 Å². The van der Waals surface area contributed by atoms with Gasteiger partial charge in [-0.25, -0.2) is 4.98 Å². The number of phenolic OH excluding ortho intramolecular Hbond substituents is 1. The zero-order chi connectivity index (χ0) is 46.5. The largest absolute Gasteiger partial charge is 0.507 e. The Bertz CT molecular complexity index is 3220. The van der Waals surface area contributed by atoms with Crippen LogP contribution in [0.25, 0.3) is 83.9 Å². The van der Waals surface area contributed by atoms with E-state index in [0.29, 0.717) is 28.1 Å². The van der Waals surface area contributed by atoms with E-state index in [2.05, 4.69) is 115 Å². The summed E-state index contributed by atoms with van der Waals surface area (Å²) >= 11 is 0. The van der Waals surface area contributed by atoms with E-state index in [4.69, 9.17) is 14.1 Å². The number of nitrogens with zero attached hydrogens (tertiary/aromatic N) is 3. The summed E-state index contributed by atoms with van der Waals surface area (Å²) < 4.78 is 28.7. The fraction of sp³-hybridized carbons (Fsp3) is 0.186. The number of aryl methyl sites for hydroxylation is 1. The third-order valence-electron chi connectivity index (χ3n) is 12.1. The second-order valence-corrected chi connectivity index (χ2v) is 18.2. The van der Waals surface area contributed by atoms with Crippen molar-refractivity contribution in [3.05, 3.63) is 192 Å². The smallest absolute Gasteiger partial charge is 0.148 e. The molecule has 0 aliphatic heterocycles. The van der Waals surface area contributed by atoms with Crippen molar-refractivity contribution >= 4 is 11.0 Å². The molecule has 0 atom stereocenters. The molecule has 0 aliphatic rings. The van der Waals surface area contributed by atoms with E-state index in [1.807, 2.05) is 102 Å². The normalized spacial score (nSPS) is 12.5. The van der Waals surface area contributed by atoms with E-state index >= 15 is 0 Å². The van der Waals surface area contributed by atoms with Crippen molar-refractivity contribution in [1.82, 2.24) is 14.5 Å². The summed E-state index contributed by atoms with van der Waals surface area (Å²) in [4.78, 5) is 10.4. The number of fused-ring (bicyclic) bond motifs is 1. The van der Waals surface area contributed by atoms with Crippen LogP contribution in [0, 0.1) is 12.9 Å². The molecule has 0 saturated carbocycles. The van der Waals surface area contributed by atoms with Crippen molar-refractivity contribution in [3.63, 3.8) is 0 Å². The molecule has 0 aliphatic carbocycles. The minimum atomic E-state index is -2.49. The summed E-state index contributed by atoms with van der Waals surface area (Å²) in [6.45, 7) is 12.6. The van der Waals surface area contributed by atoms with Crippen LogP contribution in [0.2, 0.25) is 0 Å². The number of benzene rings is 7. The van der Waals surface area contributed by atoms with E-state index in [9.17, 15) is 5.11 Å². The van der Waals surface area contributed by atoms with Crippen molar-refractivity contribution in [2.75, 3.05) is 0 Å². The molecular formula is C59H54N3OPt-. The van der Waals surface area contributed by atoms with Crippen molar-refractivity contribution in [2.24, 2.45) is 0 Å². The molecule has 5 heteroatoms. The maximum Gasteiger partial charge on any atom is 0.148 e. The van der Waals surface area contributed by atoms with Crippen molar-refractivity contribution in [3.8, 4) is 78.6 Å². The van der Waals surface area contributed by atoms with Crippen molar-refractivity contribution < 1.29 is 30.3 Å². The number of pyridine rings is 1. The molecule has 1 N–H and O–H groups in total. The van der Waals surface area contributed by atoms with Crippen LogP contribution in [0.5, 0.6) is 5.75 Å². The monoisotopic (exact) mass is 1020 g/mol. The van der Waals surface area contributed by atoms with Crippen LogP contribution in [0.15, 0.2) is 164 Å². The molecule has 9 aromatic rings. The summed E-state index contributed by atoms with van der Waals surface area (Å²) in [6, 6.07) is 56.8. The second kappa shape index (κ2) is 18.0. The fourth-order valence-corrected chi connectivity index (χ4v) is 8.48. The Hall–Kier alpha value is -6.35. The summed E-state index contributed by atoms with van der Waals surface area (Å²) in [7, 11) is 0. The average molecular weight is 1020 g/mol. The van der Waals surface area contributed by atoms with Crippen LogP contribution in [-0.2, 0) is 26.5 Å². The molecule has 0 bridgehead atoms. The summed E-state index contributed by atoms with van der Waals surface area (Å²) in [5, 5.41) is 12.2. The SMILES string of the molecule is [2H]C([2H])([2H])c1cc(-c2ccccc2)ccc1-n1c(-c2cc(C(C)C)cc(C(C)C)c2O)nc2c(-c3[c-]c(-c4cc(-c5ccc(C(C)(C)C)cc5)ccn4)cc(-c4ccccc4)c3)cccc21.[Pt]. The van der Waals surface area contributed by atoms with Gasteiger partial charge in [0.05, 0.1) is 22.3 Å². The molecule has 0 amide bonds. The Labute approximate surface area is 397 Å². The molecule has 0 spiro atoms. The number of aromatic nitrogens is 3. The number of para-hydroxylation sites is 1. The molecule has 4 nitrogen and oxygen atoms in total. The minimum absolute atomic E-state index is 0. The van der Waals surface area contributed by atoms with Crippen LogP contribution in [0.1, 0.15) is 86.7 Å². The maximum atomic E-state index is 12.2. The maximum absolute atomic E-state index is 12.2. The van der Waals surface area contributed by atoms with Crippen molar-refractivity contribution in [1.29, 1.82) is 0 Å². The molecule has 0 unspecified atom stereocenters. The number of aromatic hydroxyl groups is 1. The first-order valence-electron chi connectivity index (χ1n) is 23.3. The Morgan fingerprint density at radius 3 is 1.91 bits per heavy atom. The Kier molecular flexibility index (Phi) is 11.4. The quantitative estimate of drug-likeness (QED) is 0.147. The van der Waals surface area contributed by atoms with Crippen LogP contribution >= 0.6 is 0 Å². The fourth-order valence-electron chi connectivity index (χ4n) is 8.48. The molecular weight excluding hydrogens is 962 g/mol. The summed E-state index contributed by atoms with van der Waals surface area (Å²) in [6.07, 6.45) is 1.86. The molecule has 322 valence electrons. The Morgan fingerprint density at radius 1 is 0.609 bits per heavy atom. The van der Waals surface area contributed by atoms with Crippen LogP contribution in [0.4, 0.5) is 0 Å². The van der Waals surface area contributed by atoms with E-state index in [0.717, 1.165) is 66.9 Å². The van der Waals surface area contributed by atoms with Gasteiger partial charge in [0.2, 0.25) is 0 Å². The molecule has 0 saturated heterocycles. The van der Waals surface area contributed by atoms with Crippen LogP contribution in [0.3, 0.4) is 0 Å². The summed E-state index contributed by atoms with van der Waals surface area (Å²) in [5.41, 5.74) is 14.8. The number of rotatable bonds is 9. The zero-order valence-corrected chi connectivity index (χ0v) is 39.6. The van der Waals surface area contributed by atoms with Gasteiger partial charge in [0, 0.05) is 37.1 Å². The van der Waals surface area contributed by atoms with E-state index in [1.165, 1.54) is 5.56 Å². The third-order valence-corrected chi connectivity index (χ3v) is 12.1. The predicted molar refractivity (Wildman–Crippen MR) is 264 cm³/mol. The first-order chi connectivity index (χ1) is 31.5. The van der Waals surface area contributed by atoms with E-state index in [1.54, 1.807) is 6.07 Å². The average Bonchev–Trinajstić information content (AvgIpc) is 3.70. The van der Waals surface area contributed by atoms with E-state index < -0.39 is 6.85 Å². The Morgan fingerprint density at radius 2 is 1.25 bits per heavy atom. The van der Waals surface area contributed by atoms with Gasteiger partial charge >= 0.3 is 0 Å².